The second-order valence-corrected chi connectivity index (χ2v) is 8.12. The van der Waals surface area contributed by atoms with Gasteiger partial charge in [0.25, 0.3) is 0 Å². The number of benzene rings is 2. The van der Waals surface area contributed by atoms with Crippen molar-refractivity contribution in [2.45, 2.75) is 57.8 Å². The Bertz CT molecular complexity index is 812. The molecule has 0 aliphatic carbocycles. The number of carbonyl (C=O) groups is 2. The Labute approximate surface area is 179 Å². The summed E-state index contributed by atoms with van der Waals surface area (Å²) in [5, 5.41) is 2.67. The van der Waals surface area contributed by atoms with Crippen molar-refractivity contribution in [2.24, 2.45) is 0 Å². The van der Waals surface area contributed by atoms with Gasteiger partial charge in [-0.05, 0) is 44.7 Å². The Hall–Kier alpha value is -3.08. The zero-order chi connectivity index (χ0) is 22.0. The van der Waals surface area contributed by atoms with Gasteiger partial charge in [-0.3, -0.25) is 0 Å². The summed E-state index contributed by atoms with van der Waals surface area (Å²) in [4.78, 5) is 25.0. The maximum absolute atomic E-state index is 12.7. The van der Waals surface area contributed by atoms with Crippen molar-refractivity contribution < 1.29 is 19.1 Å². The summed E-state index contributed by atoms with van der Waals surface area (Å²) in [6, 6.07) is 18.6. The number of alkyl carbamates (subject to hydrolysis) is 1. The molecule has 1 N–H and O–H groups in total. The molecule has 2 rings (SSSR count). The van der Waals surface area contributed by atoms with Crippen LogP contribution < -0.4 is 5.32 Å². The van der Waals surface area contributed by atoms with E-state index in [1.54, 1.807) is 20.8 Å². The molecule has 30 heavy (non-hydrogen) atoms. The molecule has 1 amide bonds. The monoisotopic (exact) mass is 409 g/mol. The van der Waals surface area contributed by atoms with Gasteiger partial charge in [-0.2, -0.15) is 0 Å². The largest absolute Gasteiger partial charge is 0.459 e. The SMILES string of the molecule is C=CC(CC[C@H](NC(=O)OC(C)(C)C)C(=O)OCc1ccccc1)c1ccccc1. The summed E-state index contributed by atoms with van der Waals surface area (Å²) in [5.74, 6) is -0.420. The fourth-order valence-corrected chi connectivity index (χ4v) is 3.00. The first-order chi connectivity index (χ1) is 14.3. The van der Waals surface area contributed by atoms with Crippen LogP contribution in [-0.2, 0) is 20.9 Å². The summed E-state index contributed by atoms with van der Waals surface area (Å²) in [6.45, 7) is 9.39. The van der Waals surface area contributed by atoms with Gasteiger partial charge in [-0.25, -0.2) is 9.59 Å². The standard InChI is InChI=1S/C25H31NO4/c1-5-20(21-14-10-7-11-15-21)16-17-22(26-24(28)30-25(2,3)4)23(27)29-18-19-12-8-6-9-13-19/h5-15,20,22H,1,16-18H2,2-4H3,(H,26,28)/t20?,22-/m0/s1. The van der Waals surface area contributed by atoms with Gasteiger partial charge < -0.3 is 14.8 Å². The van der Waals surface area contributed by atoms with Crippen molar-refractivity contribution >= 4 is 12.1 Å². The molecule has 1 unspecified atom stereocenters. The molecular weight excluding hydrogens is 378 g/mol. The Morgan fingerprint density at radius 2 is 1.60 bits per heavy atom. The van der Waals surface area contributed by atoms with Gasteiger partial charge >= 0.3 is 12.1 Å². The molecule has 0 saturated heterocycles. The average molecular weight is 410 g/mol. The third-order valence-electron chi connectivity index (χ3n) is 4.48. The zero-order valence-electron chi connectivity index (χ0n) is 18.0. The fraction of sp³-hybridized carbons (Fsp3) is 0.360. The number of hydrogen-bond donors (Lipinski definition) is 1. The van der Waals surface area contributed by atoms with E-state index >= 15 is 0 Å². The number of hydrogen-bond acceptors (Lipinski definition) is 4. The molecule has 0 spiro atoms. The number of nitrogens with one attached hydrogen (secondary N) is 1. The molecule has 0 aliphatic rings. The van der Waals surface area contributed by atoms with E-state index < -0.39 is 23.7 Å². The lowest BCUT2D eigenvalue weighted by Crippen LogP contribution is -2.44. The minimum atomic E-state index is -0.810. The molecule has 0 aromatic heterocycles. The van der Waals surface area contributed by atoms with Crippen molar-refractivity contribution in [3.05, 3.63) is 84.4 Å². The summed E-state index contributed by atoms with van der Waals surface area (Å²) < 4.78 is 10.8. The number of ether oxygens (including phenoxy) is 2. The van der Waals surface area contributed by atoms with Crippen molar-refractivity contribution in [1.29, 1.82) is 0 Å². The van der Waals surface area contributed by atoms with Crippen molar-refractivity contribution in [3.8, 4) is 0 Å². The van der Waals surface area contributed by atoms with E-state index in [9.17, 15) is 9.59 Å². The molecule has 0 fully saturated rings. The first-order valence-corrected chi connectivity index (χ1v) is 10.2. The smallest absolute Gasteiger partial charge is 0.408 e. The van der Waals surface area contributed by atoms with E-state index in [0.717, 1.165) is 11.1 Å². The van der Waals surface area contributed by atoms with Crippen molar-refractivity contribution in [2.75, 3.05) is 0 Å². The van der Waals surface area contributed by atoms with Crippen LogP contribution in [0.25, 0.3) is 0 Å². The average Bonchev–Trinajstić information content (AvgIpc) is 2.71. The highest BCUT2D eigenvalue weighted by Crippen LogP contribution is 2.23. The lowest BCUT2D eigenvalue weighted by atomic mass is 9.92. The number of rotatable bonds is 9. The molecular formula is C25H31NO4. The maximum Gasteiger partial charge on any atom is 0.408 e. The topological polar surface area (TPSA) is 64.6 Å². The Balaban J connectivity index is 2.04. The van der Waals surface area contributed by atoms with Crippen LogP contribution >= 0.6 is 0 Å². The van der Waals surface area contributed by atoms with Gasteiger partial charge in [0, 0.05) is 5.92 Å². The van der Waals surface area contributed by atoms with Gasteiger partial charge in [0.2, 0.25) is 0 Å². The van der Waals surface area contributed by atoms with Crippen LogP contribution in [0.3, 0.4) is 0 Å². The Morgan fingerprint density at radius 1 is 1.00 bits per heavy atom. The van der Waals surface area contributed by atoms with E-state index in [4.69, 9.17) is 9.47 Å². The quantitative estimate of drug-likeness (QED) is 0.446. The molecule has 0 bridgehead atoms. The summed E-state index contributed by atoms with van der Waals surface area (Å²) >= 11 is 0. The molecule has 0 aliphatic heterocycles. The Morgan fingerprint density at radius 3 is 2.17 bits per heavy atom. The van der Waals surface area contributed by atoms with Crippen LogP contribution in [-0.4, -0.2) is 23.7 Å². The minimum absolute atomic E-state index is 0.0658. The minimum Gasteiger partial charge on any atom is -0.459 e. The molecule has 0 heterocycles. The third-order valence-corrected chi connectivity index (χ3v) is 4.48. The van der Waals surface area contributed by atoms with E-state index in [1.807, 2.05) is 66.7 Å². The number of allylic oxidation sites excluding steroid dienone is 1. The van der Waals surface area contributed by atoms with Gasteiger partial charge in [-0.15, -0.1) is 6.58 Å². The molecule has 0 radical (unpaired) electrons. The maximum atomic E-state index is 12.7. The van der Waals surface area contributed by atoms with Crippen LogP contribution in [0.4, 0.5) is 4.79 Å². The molecule has 2 aromatic rings. The highest BCUT2D eigenvalue weighted by Gasteiger charge is 2.26. The lowest BCUT2D eigenvalue weighted by molar-refractivity contribution is -0.147. The molecule has 5 nitrogen and oxygen atoms in total. The number of amides is 1. The van der Waals surface area contributed by atoms with Crippen LogP contribution in [0, 0.1) is 0 Å². The van der Waals surface area contributed by atoms with Crippen LogP contribution in [0.5, 0.6) is 0 Å². The van der Waals surface area contributed by atoms with Gasteiger partial charge in [0.1, 0.15) is 18.2 Å². The molecule has 160 valence electrons. The summed E-state index contributed by atoms with van der Waals surface area (Å²) in [7, 11) is 0. The fourth-order valence-electron chi connectivity index (χ4n) is 3.00. The van der Waals surface area contributed by atoms with E-state index in [0.29, 0.717) is 12.8 Å². The predicted molar refractivity (Wildman–Crippen MR) is 118 cm³/mol. The second kappa shape index (κ2) is 11.2. The number of carbonyl (C=O) groups excluding carboxylic acids is 2. The van der Waals surface area contributed by atoms with Crippen LogP contribution in [0.2, 0.25) is 0 Å². The van der Waals surface area contributed by atoms with E-state index in [2.05, 4.69) is 11.9 Å². The van der Waals surface area contributed by atoms with Gasteiger partial charge in [-0.1, -0.05) is 66.7 Å². The number of esters is 1. The van der Waals surface area contributed by atoms with E-state index in [1.165, 1.54) is 0 Å². The molecule has 2 atom stereocenters. The lowest BCUT2D eigenvalue weighted by Gasteiger charge is -2.24. The summed E-state index contributed by atoms with van der Waals surface area (Å²) in [6.07, 6.45) is 2.25. The Kier molecular flexibility index (Phi) is 8.66. The van der Waals surface area contributed by atoms with Crippen molar-refractivity contribution in [1.82, 2.24) is 5.32 Å². The summed E-state index contributed by atoms with van der Waals surface area (Å²) in [5.41, 5.74) is 1.34. The highest BCUT2D eigenvalue weighted by atomic mass is 16.6. The van der Waals surface area contributed by atoms with Crippen LogP contribution in [0.15, 0.2) is 73.3 Å². The highest BCUT2D eigenvalue weighted by molar-refractivity contribution is 5.81. The second-order valence-electron chi connectivity index (χ2n) is 8.12. The van der Waals surface area contributed by atoms with Gasteiger partial charge in [0.15, 0.2) is 0 Å². The molecule has 0 saturated carbocycles. The van der Waals surface area contributed by atoms with Crippen LogP contribution in [0.1, 0.15) is 50.7 Å². The van der Waals surface area contributed by atoms with Crippen molar-refractivity contribution in [3.63, 3.8) is 0 Å². The van der Waals surface area contributed by atoms with Gasteiger partial charge in [0.05, 0.1) is 0 Å². The predicted octanol–water partition coefficient (Wildman–Crippen LogP) is 5.37. The molecule has 2 aromatic carbocycles. The zero-order valence-corrected chi connectivity index (χ0v) is 18.0. The van der Waals surface area contributed by atoms with E-state index in [-0.39, 0.29) is 12.5 Å². The first-order valence-electron chi connectivity index (χ1n) is 10.2. The normalized spacial score (nSPS) is 13.0. The first kappa shape index (κ1) is 23.2. The molecule has 5 heteroatoms. The third kappa shape index (κ3) is 8.11.